The SMILES string of the molecule is NC1(Cc2ccccc2)N=CC(Cl)=C(Nc2cccc(C(F)(F)F)c2)N1. The Bertz CT molecular complexity index is 849. The first-order valence-electron chi connectivity index (χ1n) is 7.75. The van der Waals surface area contributed by atoms with Gasteiger partial charge >= 0.3 is 6.18 Å². The Morgan fingerprint density at radius 2 is 1.85 bits per heavy atom. The fraction of sp³-hybridized carbons (Fsp3) is 0.167. The minimum atomic E-state index is -4.43. The number of nitrogens with two attached hydrogens (primary N) is 1. The number of hydrogen-bond donors (Lipinski definition) is 3. The van der Waals surface area contributed by atoms with Crippen molar-refractivity contribution in [1.82, 2.24) is 5.32 Å². The molecule has 136 valence electrons. The number of allylic oxidation sites excluding steroid dienone is 1. The lowest BCUT2D eigenvalue weighted by atomic mass is 10.1. The molecule has 2 aromatic rings. The molecule has 0 fully saturated rings. The Morgan fingerprint density at radius 1 is 1.12 bits per heavy atom. The maximum absolute atomic E-state index is 12.9. The molecule has 8 heteroatoms. The third kappa shape index (κ3) is 4.36. The molecular formula is C18H16ClF3N4. The number of aliphatic imine (C=N–C) groups is 1. The van der Waals surface area contributed by atoms with E-state index in [1.54, 1.807) is 0 Å². The number of alkyl halides is 3. The highest BCUT2D eigenvalue weighted by Crippen LogP contribution is 2.31. The summed E-state index contributed by atoms with van der Waals surface area (Å²) < 4.78 is 38.6. The molecule has 4 N–H and O–H groups in total. The third-order valence-corrected chi connectivity index (χ3v) is 4.05. The van der Waals surface area contributed by atoms with E-state index in [0.717, 1.165) is 17.7 Å². The summed E-state index contributed by atoms with van der Waals surface area (Å²) in [5, 5.41) is 6.04. The van der Waals surface area contributed by atoms with Gasteiger partial charge in [0.15, 0.2) is 5.79 Å². The summed E-state index contributed by atoms with van der Waals surface area (Å²) in [6, 6.07) is 14.3. The summed E-state index contributed by atoms with van der Waals surface area (Å²) in [6.07, 6.45) is -2.67. The van der Waals surface area contributed by atoms with Crippen molar-refractivity contribution in [2.24, 2.45) is 10.7 Å². The third-order valence-electron chi connectivity index (χ3n) is 3.76. The molecule has 0 saturated carbocycles. The van der Waals surface area contributed by atoms with Crippen LogP contribution in [-0.4, -0.2) is 12.0 Å². The van der Waals surface area contributed by atoms with Gasteiger partial charge in [-0.3, -0.25) is 5.73 Å². The molecule has 0 aromatic heterocycles. The molecule has 0 spiro atoms. The van der Waals surface area contributed by atoms with E-state index < -0.39 is 17.5 Å². The van der Waals surface area contributed by atoms with Crippen LogP contribution in [0.5, 0.6) is 0 Å². The zero-order valence-corrected chi connectivity index (χ0v) is 14.3. The summed E-state index contributed by atoms with van der Waals surface area (Å²) in [5.41, 5.74) is 6.71. The van der Waals surface area contributed by atoms with E-state index in [2.05, 4.69) is 15.6 Å². The second kappa shape index (κ2) is 7.01. The Kier molecular flexibility index (Phi) is 4.93. The van der Waals surface area contributed by atoms with Gasteiger partial charge in [0.05, 0.1) is 10.6 Å². The van der Waals surface area contributed by atoms with Crippen molar-refractivity contribution in [3.05, 3.63) is 76.6 Å². The maximum Gasteiger partial charge on any atom is 0.416 e. The molecule has 1 atom stereocenters. The van der Waals surface area contributed by atoms with Crippen molar-refractivity contribution >= 4 is 23.5 Å². The first kappa shape index (κ1) is 18.3. The quantitative estimate of drug-likeness (QED) is 0.749. The first-order valence-corrected chi connectivity index (χ1v) is 8.13. The van der Waals surface area contributed by atoms with Gasteiger partial charge in [0, 0.05) is 18.3 Å². The van der Waals surface area contributed by atoms with Crippen LogP contribution < -0.4 is 16.4 Å². The minimum absolute atomic E-state index is 0.219. The van der Waals surface area contributed by atoms with Gasteiger partial charge in [-0.2, -0.15) is 13.2 Å². The standard InChI is InChI=1S/C18H16ClF3N4/c19-15-11-24-17(23,10-12-5-2-1-3-6-12)26-16(15)25-14-8-4-7-13(9-14)18(20,21)22/h1-9,11,25-26H,10,23H2. The van der Waals surface area contributed by atoms with Gasteiger partial charge in [-0.05, 0) is 23.8 Å². The Balaban J connectivity index is 1.79. The van der Waals surface area contributed by atoms with Crippen LogP contribution in [0.1, 0.15) is 11.1 Å². The molecule has 0 bridgehead atoms. The first-order chi connectivity index (χ1) is 12.3. The number of nitrogens with zero attached hydrogens (tertiary/aromatic N) is 1. The number of nitrogens with one attached hydrogen (secondary N) is 2. The molecule has 2 aromatic carbocycles. The van der Waals surface area contributed by atoms with Gasteiger partial charge in [0.1, 0.15) is 5.82 Å². The van der Waals surface area contributed by atoms with Gasteiger partial charge in [0.25, 0.3) is 0 Å². The van der Waals surface area contributed by atoms with Crippen LogP contribution in [0.2, 0.25) is 0 Å². The topological polar surface area (TPSA) is 62.4 Å². The van der Waals surface area contributed by atoms with Gasteiger partial charge < -0.3 is 10.6 Å². The highest BCUT2D eigenvalue weighted by atomic mass is 35.5. The van der Waals surface area contributed by atoms with E-state index in [-0.39, 0.29) is 10.7 Å². The van der Waals surface area contributed by atoms with Crippen LogP contribution >= 0.6 is 11.6 Å². The van der Waals surface area contributed by atoms with Gasteiger partial charge in [0.2, 0.25) is 0 Å². The van der Waals surface area contributed by atoms with Crippen molar-refractivity contribution in [3.63, 3.8) is 0 Å². The van der Waals surface area contributed by atoms with Crippen LogP contribution in [0, 0.1) is 0 Å². The number of hydrogen-bond acceptors (Lipinski definition) is 4. The predicted octanol–water partition coefficient (Wildman–Crippen LogP) is 4.05. The van der Waals surface area contributed by atoms with E-state index >= 15 is 0 Å². The second-order valence-corrected chi connectivity index (χ2v) is 6.30. The van der Waals surface area contributed by atoms with Crippen LogP contribution in [-0.2, 0) is 12.6 Å². The minimum Gasteiger partial charge on any atom is -0.341 e. The molecule has 26 heavy (non-hydrogen) atoms. The highest BCUT2D eigenvalue weighted by molar-refractivity contribution is 6.40. The van der Waals surface area contributed by atoms with E-state index in [9.17, 15) is 13.2 Å². The smallest absolute Gasteiger partial charge is 0.341 e. The highest BCUT2D eigenvalue weighted by Gasteiger charge is 2.31. The van der Waals surface area contributed by atoms with E-state index in [1.807, 2.05) is 30.3 Å². The van der Waals surface area contributed by atoms with Crippen LogP contribution in [0.4, 0.5) is 18.9 Å². The number of benzene rings is 2. The molecule has 0 radical (unpaired) electrons. The van der Waals surface area contributed by atoms with E-state index in [1.165, 1.54) is 18.3 Å². The average Bonchev–Trinajstić information content (AvgIpc) is 2.59. The van der Waals surface area contributed by atoms with E-state index in [4.69, 9.17) is 17.3 Å². The molecule has 4 nitrogen and oxygen atoms in total. The van der Waals surface area contributed by atoms with Crippen molar-refractivity contribution in [3.8, 4) is 0 Å². The molecular weight excluding hydrogens is 365 g/mol. The summed E-state index contributed by atoms with van der Waals surface area (Å²) in [5.74, 6) is -0.872. The second-order valence-electron chi connectivity index (χ2n) is 5.90. The molecule has 0 amide bonds. The zero-order valence-electron chi connectivity index (χ0n) is 13.5. The van der Waals surface area contributed by atoms with Gasteiger partial charge in [-0.25, -0.2) is 4.99 Å². The largest absolute Gasteiger partial charge is 0.416 e. The average molecular weight is 381 g/mol. The molecule has 1 aliphatic heterocycles. The van der Waals surface area contributed by atoms with Crippen LogP contribution in [0.25, 0.3) is 0 Å². The normalized spacial score (nSPS) is 20.0. The molecule has 1 aliphatic rings. The lowest BCUT2D eigenvalue weighted by Gasteiger charge is -2.32. The fourth-order valence-corrected chi connectivity index (χ4v) is 2.69. The van der Waals surface area contributed by atoms with Crippen molar-refractivity contribution < 1.29 is 13.2 Å². The Labute approximate surface area is 153 Å². The lowest BCUT2D eigenvalue weighted by Crippen LogP contribution is -2.56. The van der Waals surface area contributed by atoms with Crippen molar-refractivity contribution in [1.29, 1.82) is 0 Å². The Hall–Kier alpha value is -2.51. The molecule has 0 aliphatic carbocycles. The summed E-state index contributed by atoms with van der Waals surface area (Å²) in [7, 11) is 0. The molecule has 0 saturated heterocycles. The number of halogens is 4. The van der Waals surface area contributed by atoms with Gasteiger partial charge in [-0.1, -0.05) is 48.0 Å². The number of anilines is 1. The summed E-state index contributed by atoms with van der Waals surface area (Å²) >= 11 is 6.12. The maximum atomic E-state index is 12.9. The lowest BCUT2D eigenvalue weighted by molar-refractivity contribution is -0.137. The van der Waals surface area contributed by atoms with Crippen molar-refractivity contribution in [2.75, 3.05) is 5.32 Å². The fourth-order valence-electron chi connectivity index (χ4n) is 2.55. The molecule has 3 rings (SSSR count). The van der Waals surface area contributed by atoms with Gasteiger partial charge in [-0.15, -0.1) is 0 Å². The van der Waals surface area contributed by atoms with E-state index in [0.29, 0.717) is 12.2 Å². The monoisotopic (exact) mass is 380 g/mol. The van der Waals surface area contributed by atoms with Crippen molar-refractivity contribution in [2.45, 2.75) is 18.4 Å². The summed E-state index contributed by atoms with van der Waals surface area (Å²) in [4.78, 5) is 4.22. The number of rotatable bonds is 4. The predicted molar refractivity (Wildman–Crippen MR) is 96.6 cm³/mol. The Morgan fingerprint density at radius 3 is 2.54 bits per heavy atom. The molecule has 1 unspecified atom stereocenters. The van der Waals surface area contributed by atoms with Crippen LogP contribution in [0.15, 0.2) is 70.4 Å². The zero-order chi connectivity index (χ0) is 18.8. The van der Waals surface area contributed by atoms with Crippen LogP contribution in [0.3, 0.4) is 0 Å². The molecule has 1 heterocycles. The summed E-state index contributed by atoms with van der Waals surface area (Å²) in [6.45, 7) is 0.